The van der Waals surface area contributed by atoms with Crippen LogP contribution in [0, 0.1) is 5.92 Å². The second-order valence-electron chi connectivity index (χ2n) is 4.92. The Morgan fingerprint density at radius 1 is 1.44 bits per heavy atom. The molecule has 0 aliphatic heterocycles. The van der Waals surface area contributed by atoms with Crippen molar-refractivity contribution in [2.45, 2.75) is 39.2 Å². The zero-order valence-corrected chi connectivity index (χ0v) is 12.4. The van der Waals surface area contributed by atoms with Crippen LogP contribution in [0.2, 0.25) is 0 Å². The lowest BCUT2D eigenvalue weighted by atomic mass is 10.0. The third-order valence-corrected chi connectivity index (χ3v) is 4.48. The van der Waals surface area contributed by atoms with Gasteiger partial charge in [0.1, 0.15) is 0 Å². The van der Waals surface area contributed by atoms with Gasteiger partial charge < -0.3 is 10.6 Å². The Balaban J connectivity index is 2.41. The molecule has 1 amide bonds. The number of nitrogens with zero attached hydrogens (tertiary/aromatic N) is 1. The van der Waals surface area contributed by atoms with Crippen LogP contribution < -0.4 is 5.73 Å². The molecule has 0 radical (unpaired) electrons. The highest BCUT2D eigenvalue weighted by molar-refractivity contribution is 7.10. The van der Waals surface area contributed by atoms with Crippen molar-refractivity contribution in [2.75, 3.05) is 13.6 Å². The van der Waals surface area contributed by atoms with E-state index in [-0.39, 0.29) is 11.9 Å². The summed E-state index contributed by atoms with van der Waals surface area (Å²) in [5.74, 6) is 0.754. The van der Waals surface area contributed by atoms with Gasteiger partial charge >= 0.3 is 0 Å². The number of nitrogens with two attached hydrogens (primary N) is 1. The largest absolute Gasteiger partial charge is 0.338 e. The average Bonchev–Trinajstić information content (AvgIpc) is 2.88. The lowest BCUT2D eigenvalue weighted by Crippen LogP contribution is -2.29. The molecule has 102 valence electrons. The summed E-state index contributed by atoms with van der Waals surface area (Å²) in [7, 11) is 1.89. The van der Waals surface area contributed by atoms with Gasteiger partial charge in [0.15, 0.2) is 0 Å². The van der Waals surface area contributed by atoms with E-state index in [0.29, 0.717) is 18.9 Å². The van der Waals surface area contributed by atoms with Gasteiger partial charge in [0.05, 0.1) is 6.04 Å². The van der Waals surface area contributed by atoms with Gasteiger partial charge in [-0.3, -0.25) is 4.79 Å². The highest BCUT2D eigenvalue weighted by Crippen LogP contribution is 2.24. The van der Waals surface area contributed by atoms with Crippen molar-refractivity contribution in [3.63, 3.8) is 0 Å². The maximum Gasteiger partial charge on any atom is 0.222 e. The average molecular weight is 268 g/mol. The Bertz CT molecular complexity index is 351. The normalized spacial score (nSPS) is 14.2. The van der Waals surface area contributed by atoms with Crippen LogP contribution in [0.4, 0.5) is 0 Å². The first-order valence-electron chi connectivity index (χ1n) is 6.55. The van der Waals surface area contributed by atoms with Gasteiger partial charge in [-0.2, -0.15) is 0 Å². The Morgan fingerprint density at radius 2 is 2.17 bits per heavy atom. The number of hydrogen-bond donors (Lipinski definition) is 1. The van der Waals surface area contributed by atoms with Gasteiger partial charge in [-0.05, 0) is 43.7 Å². The number of carbonyl (C=O) groups is 1. The minimum absolute atomic E-state index is 0.169. The van der Waals surface area contributed by atoms with Crippen molar-refractivity contribution >= 4 is 17.2 Å². The van der Waals surface area contributed by atoms with Crippen LogP contribution in [0.1, 0.15) is 44.0 Å². The van der Waals surface area contributed by atoms with Gasteiger partial charge in [0, 0.05) is 18.3 Å². The molecule has 0 aliphatic carbocycles. The van der Waals surface area contributed by atoms with Crippen LogP contribution in [-0.2, 0) is 4.79 Å². The molecule has 2 atom stereocenters. The predicted octanol–water partition coefficient (Wildman–Crippen LogP) is 3.03. The SMILES string of the molecule is CC(CCN)CCC(=O)N(C)C(C)c1cccs1. The molecule has 1 heterocycles. The van der Waals surface area contributed by atoms with E-state index in [9.17, 15) is 4.79 Å². The summed E-state index contributed by atoms with van der Waals surface area (Å²) in [5.41, 5.74) is 5.51. The van der Waals surface area contributed by atoms with Crippen LogP contribution >= 0.6 is 11.3 Å². The molecule has 3 nitrogen and oxygen atoms in total. The van der Waals surface area contributed by atoms with Crippen LogP contribution in [0.25, 0.3) is 0 Å². The van der Waals surface area contributed by atoms with Crippen molar-refractivity contribution in [3.05, 3.63) is 22.4 Å². The Labute approximate surface area is 114 Å². The monoisotopic (exact) mass is 268 g/mol. The molecule has 2 unspecified atom stereocenters. The molecule has 1 aromatic rings. The molecule has 0 spiro atoms. The quantitative estimate of drug-likeness (QED) is 0.826. The number of rotatable bonds is 7. The molecule has 1 aromatic heterocycles. The first kappa shape index (κ1) is 15.2. The topological polar surface area (TPSA) is 46.3 Å². The second kappa shape index (κ2) is 7.54. The van der Waals surface area contributed by atoms with E-state index in [1.54, 1.807) is 11.3 Å². The summed E-state index contributed by atoms with van der Waals surface area (Å²) < 4.78 is 0. The van der Waals surface area contributed by atoms with Crippen LogP contribution in [0.3, 0.4) is 0 Å². The molecule has 0 saturated heterocycles. The maximum atomic E-state index is 12.1. The summed E-state index contributed by atoms with van der Waals surface area (Å²) in [6, 6.07) is 4.27. The van der Waals surface area contributed by atoms with Gasteiger partial charge in [-0.1, -0.05) is 13.0 Å². The Hall–Kier alpha value is -0.870. The molecule has 2 N–H and O–H groups in total. The fourth-order valence-corrected chi connectivity index (χ4v) is 2.74. The summed E-state index contributed by atoms with van der Waals surface area (Å²) in [6.45, 7) is 4.94. The summed E-state index contributed by atoms with van der Waals surface area (Å²) in [4.78, 5) is 15.2. The van der Waals surface area contributed by atoms with E-state index < -0.39 is 0 Å². The van der Waals surface area contributed by atoms with E-state index in [1.807, 2.05) is 23.4 Å². The van der Waals surface area contributed by atoms with E-state index in [1.165, 1.54) is 4.88 Å². The fraction of sp³-hybridized carbons (Fsp3) is 0.643. The first-order valence-corrected chi connectivity index (χ1v) is 7.43. The van der Waals surface area contributed by atoms with E-state index in [4.69, 9.17) is 5.73 Å². The van der Waals surface area contributed by atoms with Crippen LogP contribution in [-0.4, -0.2) is 24.4 Å². The van der Waals surface area contributed by atoms with E-state index >= 15 is 0 Å². The molecule has 0 saturated carbocycles. The summed E-state index contributed by atoms with van der Waals surface area (Å²) in [5, 5.41) is 2.05. The third kappa shape index (κ3) is 4.42. The highest BCUT2D eigenvalue weighted by Gasteiger charge is 2.18. The van der Waals surface area contributed by atoms with Gasteiger partial charge in [-0.25, -0.2) is 0 Å². The third-order valence-electron chi connectivity index (χ3n) is 3.44. The molecule has 0 fully saturated rings. The molecule has 1 rings (SSSR count). The zero-order chi connectivity index (χ0) is 13.5. The molecule has 4 heteroatoms. The smallest absolute Gasteiger partial charge is 0.222 e. The maximum absolute atomic E-state index is 12.1. The first-order chi connectivity index (χ1) is 8.56. The van der Waals surface area contributed by atoms with Gasteiger partial charge in [-0.15, -0.1) is 11.3 Å². The van der Waals surface area contributed by atoms with Crippen LogP contribution in [0.5, 0.6) is 0 Å². The molecule has 0 aromatic carbocycles. The standard InChI is InChI=1S/C14H24N2OS/c1-11(8-9-15)6-7-14(17)16(3)12(2)13-5-4-10-18-13/h4-5,10-12H,6-9,15H2,1-3H3. The minimum atomic E-state index is 0.169. The zero-order valence-electron chi connectivity index (χ0n) is 11.6. The van der Waals surface area contributed by atoms with Crippen molar-refractivity contribution in [3.8, 4) is 0 Å². The second-order valence-corrected chi connectivity index (χ2v) is 5.90. The van der Waals surface area contributed by atoms with Crippen molar-refractivity contribution in [2.24, 2.45) is 11.7 Å². The molecule has 18 heavy (non-hydrogen) atoms. The Kier molecular flexibility index (Phi) is 6.36. The van der Waals surface area contributed by atoms with Crippen LogP contribution in [0.15, 0.2) is 17.5 Å². The number of carbonyl (C=O) groups excluding carboxylic acids is 1. The minimum Gasteiger partial charge on any atom is -0.338 e. The number of thiophene rings is 1. The molecular weight excluding hydrogens is 244 g/mol. The lowest BCUT2D eigenvalue weighted by molar-refractivity contribution is -0.132. The van der Waals surface area contributed by atoms with E-state index in [0.717, 1.165) is 12.8 Å². The highest BCUT2D eigenvalue weighted by atomic mass is 32.1. The van der Waals surface area contributed by atoms with Crippen molar-refractivity contribution < 1.29 is 4.79 Å². The predicted molar refractivity (Wildman–Crippen MR) is 77.6 cm³/mol. The van der Waals surface area contributed by atoms with Gasteiger partial charge in [0.2, 0.25) is 5.91 Å². The number of amides is 1. The van der Waals surface area contributed by atoms with Crippen molar-refractivity contribution in [1.29, 1.82) is 0 Å². The van der Waals surface area contributed by atoms with Gasteiger partial charge in [0.25, 0.3) is 0 Å². The van der Waals surface area contributed by atoms with E-state index in [2.05, 4.69) is 19.9 Å². The molecule has 0 aliphatic rings. The van der Waals surface area contributed by atoms with Crippen molar-refractivity contribution in [1.82, 2.24) is 4.90 Å². The summed E-state index contributed by atoms with van der Waals surface area (Å²) in [6.07, 6.45) is 2.54. The lowest BCUT2D eigenvalue weighted by Gasteiger charge is -2.24. The molecular formula is C14H24N2OS. The molecule has 0 bridgehead atoms. The number of hydrogen-bond acceptors (Lipinski definition) is 3. The Morgan fingerprint density at radius 3 is 2.72 bits per heavy atom. The fourth-order valence-electron chi connectivity index (χ4n) is 1.91. The summed E-state index contributed by atoms with van der Waals surface area (Å²) >= 11 is 1.70.